The lowest BCUT2D eigenvalue weighted by molar-refractivity contribution is -1.01. The summed E-state index contributed by atoms with van der Waals surface area (Å²) in [7, 11) is 1.94. The highest BCUT2D eigenvalue weighted by Crippen LogP contribution is 2.32. The molecule has 6 heteroatoms. The summed E-state index contributed by atoms with van der Waals surface area (Å²) in [4.78, 5) is 0. The quantitative estimate of drug-likeness (QED) is 0.498. The maximum absolute atomic E-state index is 10.2. The van der Waals surface area contributed by atoms with Gasteiger partial charge >= 0.3 is 0 Å². The maximum Gasteiger partial charge on any atom is 0.254 e. The molecule has 6 nitrogen and oxygen atoms in total. The number of nitrogens with zero attached hydrogens (tertiary/aromatic N) is 1. The van der Waals surface area contributed by atoms with E-state index in [2.05, 4.69) is 5.32 Å². The molecule has 2 saturated heterocycles. The third-order valence-corrected chi connectivity index (χ3v) is 4.42. The summed E-state index contributed by atoms with van der Waals surface area (Å²) < 4.78 is 6.13. The van der Waals surface area contributed by atoms with E-state index in [1.54, 1.807) is 0 Å². The smallest absolute Gasteiger partial charge is 0.254 e. The molecule has 2 heterocycles. The number of aliphatic hydroxyl groups is 3. The topological polar surface area (TPSA) is 82.0 Å². The molecule has 0 aliphatic carbocycles. The van der Waals surface area contributed by atoms with Crippen LogP contribution in [-0.4, -0.2) is 64.9 Å². The van der Waals surface area contributed by atoms with E-state index in [0.717, 1.165) is 19.3 Å². The fraction of sp³-hybridized carbons (Fsp3) is 1.00. The fourth-order valence-electron chi connectivity index (χ4n) is 3.05. The van der Waals surface area contributed by atoms with Gasteiger partial charge in [-0.2, -0.15) is 0 Å². The van der Waals surface area contributed by atoms with Gasteiger partial charge in [0.25, 0.3) is 6.35 Å². The molecule has 0 aromatic rings. The van der Waals surface area contributed by atoms with Crippen molar-refractivity contribution in [3.63, 3.8) is 0 Å². The van der Waals surface area contributed by atoms with E-state index in [1.807, 2.05) is 14.0 Å². The van der Waals surface area contributed by atoms with Gasteiger partial charge in [0.05, 0.1) is 26.3 Å². The molecule has 2 fully saturated rings. The average molecular weight is 261 g/mol. The van der Waals surface area contributed by atoms with Crippen LogP contribution >= 0.6 is 0 Å². The van der Waals surface area contributed by atoms with Gasteiger partial charge in [0.1, 0.15) is 6.23 Å². The molecule has 2 rings (SSSR count). The third kappa shape index (κ3) is 2.41. The van der Waals surface area contributed by atoms with E-state index in [1.165, 1.54) is 0 Å². The molecular weight excluding hydrogens is 236 g/mol. The first-order valence-corrected chi connectivity index (χ1v) is 6.74. The molecule has 0 bridgehead atoms. The molecule has 106 valence electrons. The minimum Gasteiger partial charge on any atom is -0.394 e. The van der Waals surface area contributed by atoms with Gasteiger partial charge in [-0.1, -0.05) is 6.92 Å². The Morgan fingerprint density at radius 1 is 1.33 bits per heavy atom. The van der Waals surface area contributed by atoms with Crippen molar-refractivity contribution in [1.82, 2.24) is 5.32 Å². The zero-order valence-corrected chi connectivity index (χ0v) is 11.1. The minimum absolute atomic E-state index is 0.0276. The summed E-state index contributed by atoms with van der Waals surface area (Å²) in [5.74, 6) is 0.107. The Kier molecular flexibility index (Phi) is 4.25. The van der Waals surface area contributed by atoms with Gasteiger partial charge in [0, 0.05) is 12.3 Å². The summed E-state index contributed by atoms with van der Waals surface area (Å²) in [5, 5.41) is 32.0. The van der Waals surface area contributed by atoms with Crippen molar-refractivity contribution in [3.05, 3.63) is 0 Å². The zero-order valence-electron chi connectivity index (χ0n) is 11.1. The molecule has 4 N–H and O–H groups in total. The van der Waals surface area contributed by atoms with Crippen LogP contribution < -0.4 is 5.32 Å². The summed E-state index contributed by atoms with van der Waals surface area (Å²) in [6.45, 7) is 2.73. The Hall–Kier alpha value is -0.240. The molecule has 18 heavy (non-hydrogen) atoms. The first-order valence-electron chi connectivity index (χ1n) is 6.74. The van der Waals surface area contributed by atoms with Gasteiger partial charge in [0.2, 0.25) is 0 Å². The SMILES string of the molecule is CCC1C[N+](C)(C2CCC(CO)O2)C(O)NC1O. The van der Waals surface area contributed by atoms with Crippen LogP contribution in [0.2, 0.25) is 0 Å². The van der Waals surface area contributed by atoms with Crippen LogP contribution in [0.3, 0.4) is 0 Å². The number of quaternary nitrogens is 1. The van der Waals surface area contributed by atoms with Gasteiger partial charge in [-0.3, -0.25) is 4.48 Å². The van der Waals surface area contributed by atoms with Crippen molar-refractivity contribution >= 4 is 0 Å². The van der Waals surface area contributed by atoms with Gasteiger partial charge in [-0.25, -0.2) is 5.32 Å². The molecule has 0 radical (unpaired) electrons. The van der Waals surface area contributed by atoms with E-state index < -0.39 is 12.6 Å². The van der Waals surface area contributed by atoms with Crippen LogP contribution in [0.4, 0.5) is 0 Å². The molecule has 0 saturated carbocycles. The molecule has 0 aromatic heterocycles. The second-order valence-electron chi connectivity index (χ2n) is 5.66. The van der Waals surface area contributed by atoms with E-state index >= 15 is 0 Å². The molecule has 6 atom stereocenters. The Morgan fingerprint density at radius 3 is 2.61 bits per heavy atom. The largest absolute Gasteiger partial charge is 0.394 e. The molecule has 6 unspecified atom stereocenters. The highest BCUT2D eigenvalue weighted by atomic mass is 16.5. The normalized spacial score (nSPS) is 49.5. The van der Waals surface area contributed by atoms with Crippen LogP contribution in [0.25, 0.3) is 0 Å². The van der Waals surface area contributed by atoms with Crippen LogP contribution in [0.1, 0.15) is 26.2 Å². The maximum atomic E-state index is 10.2. The van der Waals surface area contributed by atoms with Crippen molar-refractivity contribution in [2.75, 3.05) is 20.2 Å². The standard InChI is InChI=1S/C12H25N2O4/c1-3-8-6-14(2,12(17)13-11(8)16)10-5-4-9(7-15)18-10/h8-13,15-17H,3-7H2,1-2H3/q+1. The van der Waals surface area contributed by atoms with E-state index in [4.69, 9.17) is 9.84 Å². The van der Waals surface area contributed by atoms with Crippen molar-refractivity contribution < 1.29 is 24.5 Å². The number of rotatable bonds is 3. The monoisotopic (exact) mass is 261 g/mol. The lowest BCUT2D eigenvalue weighted by atomic mass is 9.99. The number of nitrogens with one attached hydrogen (secondary N) is 1. The van der Waals surface area contributed by atoms with E-state index in [-0.39, 0.29) is 24.9 Å². The molecule has 2 aliphatic rings. The van der Waals surface area contributed by atoms with Gasteiger partial charge in [-0.15, -0.1) is 0 Å². The lowest BCUT2D eigenvalue weighted by Gasteiger charge is -2.49. The predicted molar refractivity (Wildman–Crippen MR) is 65.0 cm³/mol. The van der Waals surface area contributed by atoms with Crippen LogP contribution in [-0.2, 0) is 4.74 Å². The number of hydrogen-bond acceptors (Lipinski definition) is 5. The Morgan fingerprint density at radius 2 is 2.06 bits per heavy atom. The van der Waals surface area contributed by atoms with Crippen LogP contribution in [0.15, 0.2) is 0 Å². The van der Waals surface area contributed by atoms with Gasteiger partial charge in [-0.05, 0) is 12.8 Å². The zero-order chi connectivity index (χ0) is 13.3. The molecular formula is C12H25N2O4+. The first kappa shape index (κ1) is 14.2. The predicted octanol–water partition coefficient (Wildman–Crippen LogP) is -0.846. The Balaban J connectivity index is 2.08. The first-order chi connectivity index (χ1) is 8.51. The average Bonchev–Trinajstić information content (AvgIpc) is 2.83. The number of ether oxygens (including phenoxy) is 1. The van der Waals surface area contributed by atoms with E-state index in [0.29, 0.717) is 11.0 Å². The summed E-state index contributed by atoms with van der Waals surface area (Å²) in [5.41, 5.74) is 0. The number of aliphatic hydroxyl groups excluding tert-OH is 3. The van der Waals surface area contributed by atoms with Crippen molar-refractivity contribution in [3.8, 4) is 0 Å². The van der Waals surface area contributed by atoms with Crippen molar-refractivity contribution in [1.29, 1.82) is 0 Å². The highest BCUT2D eigenvalue weighted by molar-refractivity contribution is 4.75. The van der Waals surface area contributed by atoms with E-state index in [9.17, 15) is 10.2 Å². The second kappa shape index (κ2) is 5.40. The summed E-state index contributed by atoms with van der Waals surface area (Å²) in [6, 6.07) is 0. The molecule has 2 aliphatic heterocycles. The van der Waals surface area contributed by atoms with Crippen molar-refractivity contribution in [2.45, 2.75) is 51.1 Å². The van der Waals surface area contributed by atoms with Crippen molar-refractivity contribution in [2.24, 2.45) is 5.92 Å². The number of hydrogen-bond donors (Lipinski definition) is 4. The Bertz CT molecular complexity index is 291. The lowest BCUT2D eigenvalue weighted by Crippen LogP contribution is -2.72. The van der Waals surface area contributed by atoms with Gasteiger partial charge in [0.15, 0.2) is 6.23 Å². The van der Waals surface area contributed by atoms with Crippen LogP contribution in [0, 0.1) is 5.92 Å². The molecule has 0 aromatic carbocycles. The molecule has 0 amide bonds. The molecule has 0 spiro atoms. The Labute approximate surface area is 108 Å². The highest BCUT2D eigenvalue weighted by Gasteiger charge is 2.50. The summed E-state index contributed by atoms with van der Waals surface area (Å²) in [6.07, 6.45) is 0.769. The van der Waals surface area contributed by atoms with Crippen LogP contribution in [0.5, 0.6) is 0 Å². The second-order valence-corrected chi connectivity index (χ2v) is 5.66. The third-order valence-electron chi connectivity index (χ3n) is 4.42. The minimum atomic E-state index is -0.828. The summed E-state index contributed by atoms with van der Waals surface area (Å²) >= 11 is 0. The van der Waals surface area contributed by atoms with Gasteiger partial charge < -0.3 is 20.1 Å². The fourth-order valence-corrected chi connectivity index (χ4v) is 3.05.